The van der Waals surface area contributed by atoms with E-state index in [4.69, 9.17) is 0 Å². The fraction of sp³-hybridized carbons (Fsp3) is 0.375. The van der Waals surface area contributed by atoms with Crippen molar-refractivity contribution in [2.24, 2.45) is 11.0 Å². The fourth-order valence-corrected chi connectivity index (χ4v) is 3.12. The largest absolute Gasteiger partial charge is 0.372 e. The average Bonchev–Trinajstić information content (AvgIpc) is 2.79. The lowest BCUT2D eigenvalue weighted by Crippen LogP contribution is -2.49. The minimum atomic E-state index is -0.662. The molecule has 160 valence electrons. The molecule has 0 fully saturated rings. The number of hydrogen-bond donors (Lipinski definition) is 2. The molecule has 2 rings (SSSR count). The van der Waals surface area contributed by atoms with Crippen LogP contribution in [-0.4, -0.2) is 37.2 Å². The lowest BCUT2D eigenvalue weighted by atomic mass is 9.98. The number of carbonyl (C=O) groups is 2. The van der Waals surface area contributed by atoms with Crippen LogP contribution in [0.3, 0.4) is 0 Å². The van der Waals surface area contributed by atoms with Gasteiger partial charge in [-0.2, -0.15) is 5.10 Å². The summed E-state index contributed by atoms with van der Waals surface area (Å²) in [6.07, 6.45) is 2.36. The van der Waals surface area contributed by atoms with Crippen molar-refractivity contribution in [1.29, 1.82) is 0 Å². The minimum absolute atomic E-state index is 0.0267. The minimum Gasteiger partial charge on any atom is -0.372 e. The van der Waals surface area contributed by atoms with Gasteiger partial charge in [0.15, 0.2) is 0 Å². The smallest absolute Gasteiger partial charge is 0.262 e. The van der Waals surface area contributed by atoms with Gasteiger partial charge in [-0.3, -0.25) is 9.59 Å². The molecular formula is C24H32N4O2. The zero-order valence-corrected chi connectivity index (χ0v) is 18.3. The molecule has 30 heavy (non-hydrogen) atoms. The number of rotatable bonds is 10. The molecule has 0 aliphatic carbocycles. The number of hydrogen-bond acceptors (Lipinski definition) is 4. The van der Waals surface area contributed by atoms with E-state index in [1.807, 2.05) is 44.2 Å². The van der Waals surface area contributed by atoms with Gasteiger partial charge >= 0.3 is 0 Å². The Hall–Kier alpha value is -3.15. The van der Waals surface area contributed by atoms with Crippen LogP contribution in [-0.2, 0) is 4.79 Å². The van der Waals surface area contributed by atoms with Gasteiger partial charge in [0.25, 0.3) is 11.8 Å². The van der Waals surface area contributed by atoms with Crippen molar-refractivity contribution in [2.45, 2.75) is 40.2 Å². The van der Waals surface area contributed by atoms with E-state index in [2.05, 4.69) is 34.6 Å². The summed E-state index contributed by atoms with van der Waals surface area (Å²) in [6.45, 7) is 10.1. The number of amides is 2. The molecule has 0 aliphatic heterocycles. The molecule has 0 saturated carbocycles. The maximum Gasteiger partial charge on any atom is 0.262 e. The molecule has 0 aromatic heterocycles. The first-order chi connectivity index (χ1) is 14.5. The van der Waals surface area contributed by atoms with Gasteiger partial charge < -0.3 is 10.2 Å². The molecule has 2 atom stereocenters. The molecule has 2 N–H and O–H groups in total. The third kappa shape index (κ3) is 6.44. The van der Waals surface area contributed by atoms with Crippen molar-refractivity contribution in [3.63, 3.8) is 0 Å². The van der Waals surface area contributed by atoms with Gasteiger partial charge in [0.2, 0.25) is 0 Å². The zero-order valence-electron chi connectivity index (χ0n) is 18.3. The second-order valence-corrected chi connectivity index (χ2v) is 7.20. The Kier molecular flexibility index (Phi) is 9.06. The first-order valence-electron chi connectivity index (χ1n) is 10.5. The molecule has 0 spiro atoms. The van der Waals surface area contributed by atoms with E-state index in [-0.39, 0.29) is 17.7 Å². The maximum atomic E-state index is 12.7. The van der Waals surface area contributed by atoms with Gasteiger partial charge in [0.1, 0.15) is 6.04 Å². The molecule has 0 aliphatic rings. The van der Waals surface area contributed by atoms with Gasteiger partial charge in [-0.1, -0.05) is 50.6 Å². The Balaban J connectivity index is 2.00. The summed E-state index contributed by atoms with van der Waals surface area (Å²) in [7, 11) is 0. The van der Waals surface area contributed by atoms with Crippen LogP contribution in [0.1, 0.15) is 50.0 Å². The number of hydrazone groups is 1. The summed E-state index contributed by atoms with van der Waals surface area (Å²) in [5, 5.41) is 6.92. The summed E-state index contributed by atoms with van der Waals surface area (Å²) < 4.78 is 0. The van der Waals surface area contributed by atoms with E-state index in [1.54, 1.807) is 30.5 Å². The molecule has 2 amide bonds. The Morgan fingerprint density at radius 3 is 2.20 bits per heavy atom. The molecule has 6 heteroatoms. The lowest BCUT2D eigenvalue weighted by molar-refractivity contribution is -0.124. The van der Waals surface area contributed by atoms with Gasteiger partial charge in [-0.05, 0) is 49.6 Å². The van der Waals surface area contributed by atoms with E-state index in [9.17, 15) is 9.59 Å². The van der Waals surface area contributed by atoms with Crippen molar-refractivity contribution in [2.75, 3.05) is 18.0 Å². The van der Waals surface area contributed by atoms with Crippen molar-refractivity contribution >= 4 is 23.7 Å². The molecule has 2 aromatic rings. The predicted molar refractivity (Wildman–Crippen MR) is 123 cm³/mol. The summed E-state index contributed by atoms with van der Waals surface area (Å²) in [5.74, 6) is -0.627. The van der Waals surface area contributed by atoms with Crippen molar-refractivity contribution in [1.82, 2.24) is 10.7 Å². The lowest BCUT2D eigenvalue weighted by Gasteiger charge is -2.22. The normalized spacial score (nSPS) is 12.9. The van der Waals surface area contributed by atoms with Crippen LogP contribution in [0.2, 0.25) is 0 Å². The third-order valence-corrected chi connectivity index (χ3v) is 5.23. The summed E-state index contributed by atoms with van der Waals surface area (Å²) in [6, 6.07) is 16.2. The molecule has 0 heterocycles. The van der Waals surface area contributed by atoms with E-state index in [0.29, 0.717) is 5.56 Å². The van der Waals surface area contributed by atoms with Gasteiger partial charge in [0.05, 0.1) is 6.21 Å². The number of benzene rings is 2. The standard InChI is InChI=1S/C24H32N4O2/c1-5-18(4)22(26-23(29)20-11-9-8-10-12-20)24(30)27-25-17-19-13-15-21(16-14-19)28(6-2)7-3/h8-18,22H,5-7H2,1-4H3,(H,26,29)(H,27,30). The highest BCUT2D eigenvalue weighted by atomic mass is 16.2. The number of nitrogens with one attached hydrogen (secondary N) is 2. The van der Waals surface area contributed by atoms with Crippen molar-refractivity contribution in [3.05, 3.63) is 65.7 Å². The molecule has 2 aromatic carbocycles. The topological polar surface area (TPSA) is 73.8 Å². The van der Waals surface area contributed by atoms with E-state index >= 15 is 0 Å². The number of anilines is 1. The van der Waals surface area contributed by atoms with Crippen molar-refractivity contribution in [3.8, 4) is 0 Å². The van der Waals surface area contributed by atoms with Crippen LogP contribution >= 0.6 is 0 Å². The third-order valence-electron chi connectivity index (χ3n) is 5.23. The molecule has 0 bridgehead atoms. The highest BCUT2D eigenvalue weighted by molar-refractivity contribution is 5.97. The van der Waals surface area contributed by atoms with Gasteiger partial charge in [-0.15, -0.1) is 0 Å². The van der Waals surface area contributed by atoms with Gasteiger partial charge in [-0.25, -0.2) is 5.43 Å². The van der Waals surface area contributed by atoms with Crippen LogP contribution in [0, 0.1) is 5.92 Å². The Morgan fingerprint density at radius 2 is 1.63 bits per heavy atom. The number of carbonyl (C=O) groups excluding carboxylic acids is 2. The number of nitrogens with zero attached hydrogens (tertiary/aromatic N) is 2. The molecule has 6 nitrogen and oxygen atoms in total. The summed E-state index contributed by atoms with van der Waals surface area (Å²) >= 11 is 0. The SMILES string of the molecule is CCC(C)C(NC(=O)c1ccccc1)C(=O)NN=Cc1ccc(N(CC)CC)cc1. The van der Waals surface area contributed by atoms with E-state index in [1.165, 1.54) is 0 Å². The molecular weight excluding hydrogens is 376 g/mol. The summed E-state index contributed by atoms with van der Waals surface area (Å²) in [4.78, 5) is 27.4. The molecule has 0 radical (unpaired) electrons. The van der Waals surface area contributed by atoms with Crippen molar-refractivity contribution < 1.29 is 9.59 Å². The highest BCUT2D eigenvalue weighted by Crippen LogP contribution is 2.14. The predicted octanol–water partition coefficient (Wildman–Crippen LogP) is 3.83. The Morgan fingerprint density at radius 1 is 1.00 bits per heavy atom. The summed E-state index contributed by atoms with van der Waals surface area (Å²) in [5.41, 5.74) is 5.13. The first-order valence-corrected chi connectivity index (χ1v) is 10.5. The highest BCUT2D eigenvalue weighted by Gasteiger charge is 2.26. The molecule has 0 saturated heterocycles. The monoisotopic (exact) mass is 408 g/mol. The zero-order chi connectivity index (χ0) is 21.9. The van der Waals surface area contributed by atoms with E-state index < -0.39 is 6.04 Å². The van der Waals surface area contributed by atoms with Crippen LogP contribution in [0.25, 0.3) is 0 Å². The Bertz CT molecular complexity index is 830. The second-order valence-electron chi connectivity index (χ2n) is 7.20. The van der Waals surface area contributed by atoms with Crippen LogP contribution in [0.5, 0.6) is 0 Å². The fourth-order valence-electron chi connectivity index (χ4n) is 3.12. The van der Waals surface area contributed by atoms with Crippen LogP contribution < -0.4 is 15.6 Å². The van der Waals surface area contributed by atoms with Gasteiger partial charge in [0, 0.05) is 24.3 Å². The average molecular weight is 409 g/mol. The maximum absolute atomic E-state index is 12.7. The second kappa shape index (κ2) is 11.8. The molecule has 2 unspecified atom stereocenters. The quantitative estimate of drug-likeness (QED) is 0.464. The van der Waals surface area contributed by atoms with Crippen LogP contribution in [0.15, 0.2) is 59.7 Å². The van der Waals surface area contributed by atoms with Crippen LogP contribution in [0.4, 0.5) is 5.69 Å². The van der Waals surface area contributed by atoms with E-state index in [0.717, 1.165) is 30.8 Å². The Labute approximate surface area is 179 Å². The first kappa shape index (κ1) is 23.1.